The highest BCUT2D eigenvalue weighted by Crippen LogP contribution is 2.41. The molecule has 90 valence electrons. The molecule has 3 heteroatoms. The van der Waals surface area contributed by atoms with Crippen LogP contribution < -0.4 is 5.56 Å². The van der Waals surface area contributed by atoms with E-state index in [-0.39, 0.29) is 5.56 Å². The maximum absolute atomic E-state index is 11.9. The van der Waals surface area contributed by atoms with Crippen LogP contribution >= 0.6 is 0 Å². The van der Waals surface area contributed by atoms with Crippen molar-refractivity contribution in [3.8, 4) is 0 Å². The van der Waals surface area contributed by atoms with Crippen molar-refractivity contribution in [2.24, 2.45) is 5.92 Å². The van der Waals surface area contributed by atoms with Crippen LogP contribution in [0.5, 0.6) is 0 Å². The number of hydrogen-bond acceptors (Lipinski definition) is 2. The van der Waals surface area contributed by atoms with E-state index in [1.165, 1.54) is 38.0 Å². The summed E-state index contributed by atoms with van der Waals surface area (Å²) in [5, 5.41) is 0. The molecule has 4 rings (SSSR count). The highest BCUT2D eigenvalue weighted by atomic mass is 16.1. The molecule has 2 bridgehead atoms. The molecular formula is C14H18N2O. The Kier molecular flexibility index (Phi) is 2.01. The molecule has 3 aliphatic heterocycles. The first-order valence-electron chi connectivity index (χ1n) is 6.77. The lowest BCUT2D eigenvalue weighted by Gasteiger charge is -2.45. The van der Waals surface area contributed by atoms with Gasteiger partial charge in [-0.3, -0.25) is 9.69 Å². The molecule has 2 fully saturated rings. The van der Waals surface area contributed by atoms with Crippen molar-refractivity contribution >= 4 is 0 Å². The fourth-order valence-corrected chi connectivity index (χ4v) is 4.23. The van der Waals surface area contributed by atoms with Crippen LogP contribution in [0.3, 0.4) is 0 Å². The van der Waals surface area contributed by atoms with Gasteiger partial charge in [-0.15, -0.1) is 0 Å². The molecule has 2 saturated heterocycles. The van der Waals surface area contributed by atoms with E-state index in [1.54, 1.807) is 6.07 Å². The fraction of sp³-hybridized carbons (Fsp3) is 0.643. The van der Waals surface area contributed by atoms with Gasteiger partial charge in [0.25, 0.3) is 5.56 Å². The third-order valence-electron chi connectivity index (χ3n) is 4.92. The molecule has 3 nitrogen and oxygen atoms in total. The molecule has 4 heterocycles. The number of rotatable bonds is 0. The maximum atomic E-state index is 11.9. The second-order valence-electron chi connectivity index (χ2n) is 5.80. The molecule has 0 aliphatic carbocycles. The molecular weight excluding hydrogens is 212 g/mol. The first-order valence-corrected chi connectivity index (χ1v) is 6.77. The van der Waals surface area contributed by atoms with Crippen molar-refractivity contribution in [3.05, 3.63) is 34.2 Å². The van der Waals surface area contributed by atoms with Gasteiger partial charge in [0.05, 0.1) is 0 Å². The van der Waals surface area contributed by atoms with E-state index in [9.17, 15) is 4.79 Å². The Bertz CT molecular complexity index is 507. The summed E-state index contributed by atoms with van der Waals surface area (Å²) in [5.41, 5.74) is 1.47. The van der Waals surface area contributed by atoms with Gasteiger partial charge < -0.3 is 4.57 Å². The van der Waals surface area contributed by atoms with Crippen LogP contribution in [0.4, 0.5) is 0 Å². The highest BCUT2D eigenvalue weighted by molar-refractivity contribution is 5.18. The van der Waals surface area contributed by atoms with E-state index >= 15 is 0 Å². The van der Waals surface area contributed by atoms with Gasteiger partial charge in [0.1, 0.15) is 0 Å². The van der Waals surface area contributed by atoms with Crippen LogP contribution in [0.2, 0.25) is 0 Å². The van der Waals surface area contributed by atoms with Gasteiger partial charge in [0, 0.05) is 36.8 Å². The summed E-state index contributed by atoms with van der Waals surface area (Å²) in [7, 11) is 0. The molecule has 3 atom stereocenters. The Morgan fingerprint density at radius 1 is 1.24 bits per heavy atom. The standard InChI is InChI=1S/C14H18N2O/c17-14-5-1-3-13-10-7-11(9-16(13)14)12-4-2-6-15(12)8-10/h1,3,5,10-12H,2,4,6-9H2/t10-,11-,12-/m0/s1. The summed E-state index contributed by atoms with van der Waals surface area (Å²) < 4.78 is 2.04. The largest absolute Gasteiger partial charge is 0.312 e. The lowest BCUT2D eigenvalue weighted by atomic mass is 9.78. The minimum Gasteiger partial charge on any atom is -0.312 e. The Labute approximate surface area is 101 Å². The van der Waals surface area contributed by atoms with Crippen LogP contribution in [0.15, 0.2) is 23.0 Å². The maximum Gasteiger partial charge on any atom is 0.250 e. The predicted molar refractivity (Wildman–Crippen MR) is 66.1 cm³/mol. The zero-order valence-corrected chi connectivity index (χ0v) is 10.0. The van der Waals surface area contributed by atoms with Gasteiger partial charge in [-0.1, -0.05) is 6.07 Å². The fourth-order valence-electron chi connectivity index (χ4n) is 4.23. The molecule has 0 amide bonds. The Morgan fingerprint density at radius 2 is 2.18 bits per heavy atom. The number of fused-ring (bicyclic) bond motifs is 6. The summed E-state index contributed by atoms with van der Waals surface area (Å²) in [6.45, 7) is 3.39. The average molecular weight is 230 g/mol. The van der Waals surface area contributed by atoms with Crippen molar-refractivity contribution in [2.75, 3.05) is 13.1 Å². The van der Waals surface area contributed by atoms with E-state index in [1.807, 2.05) is 10.6 Å². The van der Waals surface area contributed by atoms with Crippen LogP contribution in [-0.4, -0.2) is 28.6 Å². The number of aromatic nitrogens is 1. The topological polar surface area (TPSA) is 25.2 Å². The molecule has 3 aliphatic rings. The highest BCUT2D eigenvalue weighted by Gasteiger charge is 2.42. The monoisotopic (exact) mass is 230 g/mol. The van der Waals surface area contributed by atoms with E-state index in [2.05, 4.69) is 11.0 Å². The molecule has 17 heavy (non-hydrogen) atoms. The van der Waals surface area contributed by atoms with Crippen LogP contribution in [0, 0.1) is 5.92 Å². The summed E-state index contributed by atoms with van der Waals surface area (Å²) in [6, 6.07) is 6.53. The Balaban J connectivity index is 1.81. The lowest BCUT2D eigenvalue weighted by Crippen LogP contribution is -2.50. The van der Waals surface area contributed by atoms with Crippen molar-refractivity contribution in [2.45, 2.75) is 37.8 Å². The van der Waals surface area contributed by atoms with Gasteiger partial charge in [0.2, 0.25) is 0 Å². The molecule has 0 spiro atoms. The van der Waals surface area contributed by atoms with Crippen molar-refractivity contribution in [1.29, 1.82) is 0 Å². The number of piperidine rings is 1. The second-order valence-corrected chi connectivity index (χ2v) is 5.80. The van der Waals surface area contributed by atoms with Gasteiger partial charge in [-0.2, -0.15) is 0 Å². The Morgan fingerprint density at radius 3 is 3.12 bits per heavy atom. The van der Waals surface area contributed by atoms with E-state index in [0.717, 1.165) is 12.6 Å². The first-order chi connectivity index (χ1) is 8.33. The summed E-state index contributed by atoms with van der Waals surface area (Å²) in [6.07, 6.45) is 3.98. The quantitative estimate of drug-likeness (QED) is 0.673. The summed E-state index contributed by atoms with van der Waals surface area (Å²) in [5.74, 6) is 1.31. The van der Waals surface area contributed by atoms with Crippen molar-refractivity contribution in [3.63, 3.8) is 0 Å². The zero-order valence-electron chi connectivity index (χ0n) is 10.0. The van der Waals surface area contributed by atoms with Crippen molar-refractivity contribution in [1.82, 2.24) is 9.47 Å². The third kappa shape index (κ3) is 1.35. The van der Waals surface area contributed by atoms with Crippen molar-refractivity contribution < 1.29 is 0 Å². The van der Waals surface area contributed by atoms with E-state index in [0.29, 0.717) is 11.8 Å². The summed E-state index contributed by atoms with van der Waals surface area (Å²) >= 11 is 0. The second kappa shape index (κ2) is 3.45. The SMILES string of the molecule is O=c1cccc2n1C[C@@H]1C[C@H]2CN2CCC[C@@H]12. The molecule has 0 N–H and O–H groups in total. The lowest BCUT2D eigenvalue weighted by molar-refractivity contribution is 0.0832. The normalized spacial score (nSPS) is 35.4. The number of nitrogens with zero attached hydrogens (tertiary/aromatic N) is 2. The van der Waals surface area contributed by atoms with Gasteiger partial charge in [-0.25, -0.2) is 0 Å². The average Bonchev–Trinajstić information content (AvgIpc) is 2.79. The van der Waals surface area contributed by atoms with Gasteiger partial charge in [-0.05, 0) is 37.8 Å². The first kappa shape index (κ1) is 9.89. The third-order valence-corrected chi connectivity index (χ3v) is 4.92. The summed E-state index contributed by atoms with van der Waals surface area (Å²) in [4.78, 5) is 14.6. The van der Waals surface area contributed by atoms with Crippen LogP contribution in [0.25, 0.3) is 0 Å². The molecule has 1 aromatic rings. The molecule has 0 radical (unpaired) electrons. The zero-order chi connectivity index (χ0) is 11.4. The smallest absolute Gasteiger partial charge is 0.250 e. The number of hydrogen-bond donors (Lipinski definition) is 0. The Hall–Kier alpha value is -1.09. The van der Waals surface area contributed by atoms with Crippen LogP contribution in [-0.2, 0) is 6.54 Å². The minimum absolute atomic E-state index is 0.198. The van der Waals surface area contributed by atoms with Crippen LogP contribution in [0.1, 0.15) is 30.9 Å². The minimum atomic E-state index is 0.198. The number of pyridine rings is 1. The van der Waals surface area contributed by atoms with Gasteiger partial charge in [0.15, 0.2) is 0 Å². The molecule has 0 saturated carbocycles. The molecule has 1 aromatic heterocycles. The van der Waals surface area contributed by atoms with E-state index < -0.39 is 0 Å². The van der Waals surface area contributed by atoms with Gasteiger partial charge >= 0.3 is 0 Å². The van der Waals surface area contributed by atoms with E-state index in [4.69, 9.17) is 0 Å². The molecule has 0 unspecified atom stereocenters. The molecule has 0 aromatic carbocycles. The predicted octanol–water partition coefficient (Wildman–Crippen LogP) is 1.43.